The summed E-state index contributed by atoms with van der Waals surface area (Å²) in [4.78, 5) is 72.3. The van der Waals surface area contributed by atoms with Gasteiger partial charge in [-0.2, -0.15) is 30.7 Å². The first kappa shape index (κ1) is 93.2. The minimum absolute atomic E-state index is 0. The molecule has 16 aromatic rings. The summed E-state index contributed by atoms with van der Waals surface area (Å²) in [6.07, 6.45) is 12.6. The van der Waals surface area contributed by atoms with Crippen LogP contribution in [0.5, 0.6) is 12.2 Å². The zero-order valence-electron chi connectivity index (χ0n) is 76.4. The molecule has 0 unspecified atom stereocenters. The van der Waals surface area contributed by atoms with Crippen molar-refractivity contribution < 1.29 is 72.3 Å². The van der Waals surface area contributed by atoms with E-state index in [0.717, 1.165) is 58.6 Å². The topological polar surface area (TPSA) is 413 Å². The van der Waals surface area contributed by atoms with Crippen LogP contribution in [0.15, 0.2) is 153 Å². The van der Waals surface area contributed by atoms with Crippen molar-refractivity contribution in [2.75, 3.05) is 26.3 Å². The number of hydrogen-bond donors (Lipinski definition) is 0. The van der Waals surface area contributed by atoms with Gasteiger partial charge in [-0.15, -0.1) is 0 Å². The van der Waals surface area contributed by atoms with Crippen LogP contribution in [0.25, 0.3) is 78.0 Å². The Kier molecular flexibility index (Phi) is 23.5. The van der Waals surface area contributed by atoms with Gasteiger partial charge >= 0.3 is 49.1 Å². The number of carbonyl (C=O) groups is 2. The third kappa shape index (κ3) is 14.7. The number of hydrogen-bond acceptors (Lipinski definition) is 18. The van der Waals surface area contributed by atoms with Crippen LogP contribution in [0.4, 0.5) is 17.6 Å². The van der Waals surface area contributed by atoms with Crippen LogP contribution in [0, 0.1) is 62.8 Å². The van der Waals surface area contributed by atoms with Gasteiger partial charge in [-0.05, 0) is 250 Å². The fourth-order valence-electron chi connectivity index (χ4n) is 21.5. The molecular formula is C96H100CaF4N20O13. The molecule has 2 amide bonds. The molecule has 134 heavy (non-hydrogen) atoms. The summed E-state index contributed by atoms with van der Waals surface area (Å²) in [7, 11) is 3.43. The molecule has 4 aliphatic heterocycles. The van der Waals surface area contributed by atoms with E-state index >= 15 is 27.2 Å². The second-order valence-electron chi connectivity index (χ2n) is 37.5. The molecule has 6 aromatic carbocycles. The minimum Gasteiger partial charge on any atom is -0.528 e. The smallest absolute Gasteiger partial charge is 0.528 e. The van der Waals surface area contributed by atoms with Crippen molar-refractivity contribution in [2.45, 2.75) is 181 Å². The molecule has 692 valence electrons. The largest absolute Gasteiger partial charge is 2.00 e. The molecule has 2 saturated heterocycles. The normalized spacial score (nSPS) is 21.0. The van der Waals surface area contributed by atoms with E-state index < -0.39 is 58.3 Å². The van der Waals surface area contributed by atoms with Crippen molar-refractivity contribution in [3.05, 3.63) is 257 Å². The Labute approximate surface area is 793 Å². The number of aryl methyl sites for hydroxylation is 6. The van der Waals surface area contributed by atoms with Crippen molar-refractivity contribution >= 4 is 93.2 Å². The summed E-state index contributed by atoms with van der Waals surface area (Å²) in [6.45, 7) is 24.9. The maximum atomic E-state index is 16.1. The van der Waals surface area contributed by atoms with Crippen LogP contribution in [0.3, 0.4) is 0 Å². The molecule has 6 N–H and O–H groups in total. The molecule has 2 aliphatic carbocycles. The van der Waals surface area contributed by atoms with Crippen molar-refractivity contribution in [2.24, 2.45) is 25.9 Å². The summed E-state index contributed by atoms with van der Waals surface area (Å²) in [5.41, 5.74) is 7.57. The van der Waals surface area contributed by atoms with E-state index in [1.165, 1.54) is 43.1 Å². The first-order chi connectivity index (χ1) is 62.1. The number of rotatable bonds is 14. The molecule has 10 aromatic heterocycles. The first-order valence-electron chi connectivity index (χ1n) is 44.0. The predicted octanol–water partition coefficient (Wildman–Crippen LogP) is 11.6. The molecule has 0 radical (unpaired) electrons. The summed E-state index contributed by atoms with van der Waals surface area (Å²) in [6, 6.07) is 28.4. The second kappa shape index (κ2) is 33.8. The number of aromatic nitrogens is 18. The SMILES string of the molecule is Cc1cc(-n2nc3c(c2-n2ccn(-c4ccc5c(cnn5C)c4F)c2=O)[C@H](C)N(C(=O)c2cc4cc([C@H]5CCOC(C)(C)C5)ccc4n2[C@@]2(c4noc([O-])n4)C[C@@H]2C)CC3)cc(C)c1F.Cc1cc(-n2nc3c(c2-n2ccn(-c4ccc5c(cnn5C)c4F)c2=O)[C@H](C)N(C(=O)c2cc4cc([C@H]5CCOC(C)(C)C5)ccc4n2[C@@]2(c4noc([O-])n4)C[C@@H]2C)CC3)cc(C)c1F.O.O.O.[Ca+2]. The molecule has 0 spiro atoms. The van der Waals surface area contributed by atoms with E-state index in [1.807, 2.05) is 61.1 Å². The molecule has 22 rings (SSSR count). The van der Waals surface area contributed by atoms with Gasteiger partial charge in [0.2, 0.25) is 0 Å². The number of imidazole rings is 2. The van der Waals surface area contributed by atoms with Crippen molar-refractivity contribution in [3.63, 3.8) is 0 Å². The number of fused-ring (bicyclic) bond motifs is 6. The summed E-state index contributed by atoms with van der Waals surface area (Å²) in [5.74, 6) is -0.870. The summed E-state index contributed by atoms with van der Waals surface area (Å²) < 4.78 is 100. The standard InChI is InChI=1S/2C48H48F2N10O5.Ca.3H2O/c2*1-25-18-32(19-26(2)40(25)49)60-42(58-16-15-57(46(58)63)37-11-10-36-33(41(37)50)24-51-55(36)7)39-28(4)56(14-12-34(39)53-60)43(61)38-21-31-20-29(30-13-17-64-47(5,6)23-30)8-9-35(31)59(38)48(22-27(48)3)44-52-45(62)65-54-44;;;;/h2*8-11,15-16,18-21,24,27-28,30H,12-14,17,22-23H2,1-7H3,(H,52,54,62);;3*1H2/q;;+2;;;/p-2/t2*27-,28-,30-,48-;;;;/m00..../s1. The molecule has 4 fully saturated rings. The summed E-state index contributed by atoms with van der Waals surface area (Å²) >= 11 is 0. The van der Waals surface area contributed by atoms with Crippen LogP contribution < -0.4 is 21.6 Å². The molecule has 14 heterocycles. The van der Waals surface area contributed by atoms with E-state index in [9.17, 15) is 19.8 Å². The molecule has 8 atom stereocenters. The van der Waals surface area contributed by atoms with Crippen molar-refractivity contribution in [1.82, 2.24) is 96.6 Å². The Balaban J connectivity index is 0.000000181. The maximum absolute atomic E-state index is 16.1. The van der Waals surface area contributed by atoms with Gasteiger partial charge in [0.1, 0.15) is 45.7 Å². The number of carbonyl (C=O) groups excluding carboxylic acids is 2. The van der Waals surface area contributed by atoms with Gasteiger partial charge in [-0.25, -0.2) is 46.5 Å². The van der Waals surface area contributed by atoms with Gasteiger partial charge in [0.05, 0.1) is 91.6 Å². The van der Waals surface area contributed by atoms with Crippen molar-refractivity contribution in [3.8, 4) is 46.5 Å². The van der Waals surface area contributed by atoms with Gasteiger partial charge in [-0.3, -0.25) is 37.2 Å². The second-order valence-corrected chi connectivity index (χ2v) is 37.5. The average Bonchev–Trinajstić information content (AvgIpc) is 1.53. The van der Waals surface area contributed by atoms with Gasteiger partial charge in [-0.1, -0.05) is 26.0 Å². The van der Waals surface area contributed by atoms with E-state index in [0.29, 0.717) is 129 Å². The van der Waals surface area contributed by atoms with Crippen LogP contribution >= 0.6 is 0 Å². The van der Waals surface area contributed by atoms with Crippen LogP contribution in [-0.4, -0.2) is 200 Å². The fourth-order valence-corrected chi connectivity index (χ4v) is 21.5. The Bertz CT molecular complexity index is 7080. The first-order valence-corrected chi connectivity index (χ1v) is 44.0. The molecule has 2 saturated carbocycles. The van der Waals surface area contributed by atoms with E-state index in [2.05, 4.69) is 82.4 Å². The quantitative estimate of drug-likeness (QED) is 0.0720. The number of nitrogens with zero attached hydrogens (tertiary/aromatic N) is 20. The molecule has 33 nitrogen and oxygen atoms in total. The zero-order chi connectivity index (χ0) is 90.9. The maximum Gasteiger partial charge on any atom is 2.00 e. The Morgan fingerprint density at radius 2 is 0.836 bits per heavy atom. The minimum atomic E-state index is -0.913. The Hall–Kier alpha value is -12.6. The van der Waals surface area contributed by atoms with E-state index in [4.69, 9.17) is 28.7 Å². The predicted molar refractivity (Wildman–Crippen MR) is 484 cm³/mol. The molecule has 6 aliphatic rings. The molecule has 38 heteroatoms. The Morgan fingerprint density at radius 1 is 0.478 bits per heavy atom. The third-order valence-corrected chi connectivity index (χ3v) is 28.3. The number of benzene rings is 6. The Morgan fingerprint density at radius 3 is 1.18 bits per heavy atom. The van der Waals surface area contributed by atoms with Crippen molar-refractivity contribution in [1.29, 1.82) is 0 Å². The number of halogens is 4. The fraction of sp³-hybridized carbons (Fsp3) is 0.375. The van der Waals surface area contributed by atoms with Gasteiger partial charge in [0, 0.05) is 111 Å². The summed E-state index contributed by atoms with van der Waals surface area (Å²) in [5, 5.41) is 53.8. The number of amides is 2. The van der Waals surface area contributed by atoms with Gasteiger partial charge in [0.25, 0.3) is 11.8 Å². The number of ether oxygens (including phenoxy) is 2. The molecular weight excluding hydrogens is 1760 g/mol. The van der Waals surface area contributed by atoms with Gasteiger partial charge in [0.15, 0.2) is 35.4 Å². The van der Waals surface area contributed by atoms with Crippen LogP contribution in [-0.2, 0) is 47.5 Å². The van der Waals surface area contributed by atoms with E-state index in [-0.39, 0.29) is 159 Å². The molecule has 0 bridgehead atoms. The third-order valence-electron chi connectivity index (χ3n) is 28.3. The average molecular weight is 1860 g/mol. The monoisotopic (exact) mass is 1860 g/mol. The van der Waals surface area contributed by atoms with Crippen LogP contribution in [0.1, 0.15) is 206 Å². The van der Waals surface area contributed by atoms with E-state index in [1.54, 1.807) is 131 Å². The zero-order valence-corrected chi connectivity index (χ0v) is 78.6. The van der Waals surface area contributed by atoms with Crippen LogP contribution in [0.2, 0.25) is 0 Å². The van der Waals surface area contributed by atoms with Gasteiger partial charge < -0.3 is 64.1 Å².